The summed E-state index contributed by atoms with van der Waals surface area (Å²) in [7, 11) is 0. The minimum atomic E-state index is 0.617. The van der Waals surface area contributed by atoms with Crippen LogP contribution < -0.4 is 14.5 Å². The molecule has 1 aliphatic rings. The van der Waals surface area contributed by atoms with Crippen LogP contribution in [-0.4, -0.2) is 47.7 Å². The van der Waals surface area contributed by atoms with Crippen molar-refractivity contribution in [3.63, 3.8) is 0 Å². The van der Waals surface area contributed by atoms with E-state index in [0.717, 1.165) is 44.2 Å². The first-order valence-electron chi connectivity index (χ1n) is 8.14. The first-order chi connectivity index (χ1) is 11.3. The zero-order valence-corrected chi connectivity index (χ0v) is 13.8. The standard InChI is InChI=1S/C17H23N5O/c1-3-23-17-13-16(19-14(2)20-17)22-10-4-9-21(11-12-22)15-5-7-18-8-6-15/h5-8,13H,3-4,9-12H2,1-2H3. The molecule has 2 aromatic rings. The normalized spacial score (nSPS) is 15.4. The molecule has 0 atom stereocenters. The SMILES string of the molecule is CCOc1cc(N2CCCN(c3ccncc3)CC2)nc(C)n1. The fourth-order valence-electron chi connectivity index (χ4n) is 2.87. The van der Waals surface area contributed by atoms with Crippen molar-refractivity contribution in [2.24, 2.45) is 0 Å². The molecule has 0 saturated carbocycles. The molecule has 3 rings (SSSR count). The molecular formula is C17H23N5O. The van der Waals surface area contributed by atoms with E-state index in [9.17, 15) is 0 Å². The van der Waals surface area contributed by atoms with Gasteiger partial charge in [0.1, 0.15) is 11.6 Å². The average Bonchev–Trinajstić information content (AvgIpc) is 2.81. The molecule has 2 aromatic heterocycles. The molecule has 122 valence electrons. The predicted octanol–water partition coefficient (Wildman–Crippen LogP) is 2.30. The van der Waals surface area contributed by atoms with Gasteiger partial charge in [0.25, 0.3) is 0 Å². The van der Waals surface area contributed by atoms with Crippen LogP contribution in [0.4, 0.5) is 11.5 Å². The molecule has 0 aliphatic carbocycles. The van der Waals surface area contributed by atoms with Crippen molar-refractivity contribution in [1.29, 1.82) is 0 Å². The first kappa shape index (κ1) is 15.5. The third-order valence-corrected chi connectivity index (χ3v) is 3.94. The second kappa shape index (κ2) is 7.26. The van der Waals surface area contributed by atoms with Crippen LogP contribution in [0.5, 0.6) is 5.88 Å². The van der Waals surface area contributed by atoms with Gasteiger partial charge in [-0.15, -0.1) is 0 Å². The molecule has 23 heavy (non-hydrogen) atoms. The number of anilines is 2. The molecular weight excluding hydrogens is 290 g/mol. The molecule has 0 amide bonds. The van der Waals surface area contributed by atoms with Gasteiger partial charge in [-0.05, 0) is 32.4 Å². The van der Waals surface area contributed by atoms with E-state index in [1.807, 2.05) is 32.3 Å². The summed E-state index contributed by atoms with van der Waals surface area (Å²) in [5.41, 5.74) is 1.23. The molecule has 0 N–H and O–H groups in total. The summed E-state index contributed by atoms with van der Waals surface area (Å²) in [6.07, 6.45) is 4.79. The third-order valence-electron chi connectivity index (χ3n) is 3.94. The van der Waals surface area contributed by atoms with Crippen LogP contribution in [0, 0.1) is 6.92 Å². The van der Waals surface area contributed by atoms with E-state index in [1.165, 1.54) is 5.69 Å². The smallest absolute Gasteiger partial charge is 0.218 e. The lowest BCUT2D eigenvalue weighted by atomic mass is 10.3. The number of pyridine rings is 1. The third kappa shape index (κ3) is 3.88. The Balaban J connectivity index is 1.73. The molecule has 0 spiro atoms. The van der Waals surface area contributed by atoms with Crippen LogP contribution in [0.3, 0.4) is 0 Å². The zero-order valence-electron chi connectivity index (χ0n) is 13.8. The lowest BCUT2D eigenvalue weighted by Gasteiger charge is -2.24. The fraction of sp³-hybridized carbons (Fsp3) is 0.471. The van der Waals surface area contributed by atoms with Crippen LogP contribution in [0.2, 0.25) is 0 Å². The Morgan fingerprint density at radius 2 is 1.78 bits per heavy atom. The monoisotopic (exact) mass is 313 g/mol. The molecule has 0 bridgehead atoms. The molecule has 3 heterocycles. The highest BCUT2D eigenvalue weighted by atomic mass is 16.5. The van der Waals surface area contributed by atoms with Crippen molar-refractivity contribution in [1.82, 2.24) is 15.0 Å². The van der Waals surface area contributed by atoms with Gasteiger partial charge >= 0.3 is 0 Å². The molecule has 1 aliphatic heterocycles. The summed E-state index contributed by atoms with van der Waals surface area (Å²) in [4.78, 5) is 17.7. The van der Waals surface area contributed by atoms with Gasteiger partial charge in [-0.3, -0.25) is 4.98 Å². The molecule has 1 fully saturated rings. The van der Waals surface area contributed by atoms with E-state index in [-0.39, 0.29) is 0 Å². The lowest BCUT2D eigenvalue weighted by molar-refractivity contribution is 0.325. The molecule has 0 unspecified atom stereocenters. The van der Waals surface area contributed by atoms with Crippen LogP contribution in [0.15, 0.2) is 30.6 Å². The molecule has 0 aromatic carbocycles. The highest BCUT2D eigenvalue weighted by Gasteiger charge is 2.17. The summed E-state index contributed by atoms with van der Waals surface area (Å²) in [5, 5.41) is 0. The number of rotatable bonds is 4. The van der Waals surface area contributed by atoms with Gasteiger partial charge in [0.2, 0.25) is 5.88 Å². The van der Waals surface area contributed by atoms with E-state index in [0.29, 0.717) is 12.5 Å². The van der Waals surface area contributed by atoms with Gasteiger partial charge in [-0.25, -0.2) is 4.98 Å². The predicted molar refractivity (Wildman–Crippen MR) is 91.2 cm³/mol. The Morgan fingerprint density at radius 1 is 1.04 bits per heavy atom. The number of nitrogens with zero attached hydrogens (tertiary/aromatic N) is 5. The maximum atomic E-state index is 5.54. The van der Waals surface area contributed by atoms with Crippen LogP contribution >= 0.6 is 0 Å². The summed E-state index contributed by atoms with van der Waals surface area (Å²) < 4.78 is 5.54. The van der Waals surface area contributed by atoms with Crippen LogP contribution in [-0.2, 0) is 0 Å². The van der Waals surface area contributed by atoms with Crippen LogP contribution in [0.25, 0.3) is 0 Å². The Kier molecular flexibility index (Phi) is 4.90. The quantitative estimate of drug-likeness (QED) is 0.863. The molecule has 0 radical (unpaired) electrons. The minimum Gasteiger partial charge on any atom is -0.478 e. The first-order valence-corrected chi connectivity index (χ1v) is 8.14. The maximum Gasteiger partial charge on any atom is 0.218 e. The van der Waals surface area contributed by atoms with Crippen molar-refractivity contribution < 1.29 is 4.74 Å². The Morgan fingerprint density at radius 3 is 2.57 bits per heavy atom. The number of aryl methyl sites for hydroxylation is 1. The lowest BCUT2D eigenvalue weighted by Crippen LogP contribution is -2.31. The van der Waals surface area contributed by atoms with Crippen molar-refractivity contribution >= 4 is 11.5 Å². The Labute approximate surface area is 137 Å². The van der Waals surface area contributed by atoms with Crippen molar-refractivity contribution in [3.05, 3.63) is 36.4 Å². The van der Waals surface area contributed by atoms with E-state index in [2.05, 4.69) is 36.9 Å². The van der Waals surface area contributed by atoms with Gasteiger partial charge in [0, 0.05) is 50.3 Å². The number of ether oxygens (including phenoxy) is 1. The molecule has 6 nitrogen and oxygen atoms in total. The second-order valence-electron chi connectivity index (χ2n) is 5.58. The number of aromatic nitrogens is 3. The number of hydrogen-bond donors (Lipinski definition) is 0. The Hall–Kier alpha value is -2.37. The maximum absolute atomic E-state index is 5.54. The topological polar surface area (TPSA) is 54.4 Å². The molecule has 1 saturated heterocycles. The van der Waals surface area contributed by atoms with Crippen molar-refractivity contribution in [2.45, 2.75) is 20.3 Å². The van der Waals surface area contributed by atoms with Crippen molar-refractivity contribution in [2.75, 3.05) is 42.6 Å². The number of hydrogen-bond acceptors (Lipinski definition) is 6. The average molecular weight is 313 g/mol. The summed E-state index contributed by atoms with van der Waals surface area (Å²) in [6.45, 7) is 8.43. The summed E-state index contributed by atoms with van der Waals surface area (Å²) in [5.74, 6) is 2.36. The van der Waals surface area contributed by atoms with Crippen molar-refractivity contribution in [3.8, 4) is 5.88 Å². The van der Waals surface area contributed by atoms with E-state index in [1.54, 1.807) is 0 Å². The fourth-order valence-corrected chi connectivity index (χ4v) is 2.87. The summed E-state index contributed by atoms with van der Waals surface area (Å²) in [6, 6.07) is 6.08. The zero-order chi connectivity index (χ0) is 16.1. The van der Waals surface area contributed by atoms with Crippen LogP contribution in [0.1, 0.15) is 19.2 Å². The van der Waals surface area contributed by atoms with E-state index < -0.39 is 0 Å². The summed E-state index contributed by atoms with van der Waals surface area (Å²) >= 11 is 0. The van der Waals surface area contributed by atoms with Gasteiger partial charge in [-0.2, -0.15) is 4.98 Å². The Bertz CT molecular complexity index is 634. The van der Waals surface area contributed by atoms with Gasteiger partial charge in [0.05, 0.1) is 6.61 Å². The van der Waals surface area contributed by atoms with Gasteiger partial charge in [-0.1, -0.05) is 0 Å². The largest absolute Gasteiger partial charge is 0.478 e. The highest BCUT2D eigenvalue weighted by molar-refractivity contribution is 5.47. The minimum absolute atomic E-state index is 0.617. The van der Waals surface area contributed by atoms with E-state index in [4.69, 9.17) is 4.74 Å². The molecule has 6 heteroatoms. The van der Waals surface area contributed by atoms with Gasteiger partial charge in [0.15, 0.2) is 0 Å². The highest BCUT2D eigenvalue weighted by Crippen LogP contribution is 2.21. The van der Waals surface area contributed by atoms with Gasteiger partial charge < -0.3 is 14.5 Å². The van der Waals surface area contributed by atoms with E-state index >= 15 is 0 Å². The second-order valence-corrected chi connectivity index (χ2v) is 5.58.